The Labute approximate surface area is 337 Å². The van der Waals surface area contributed by atoms with Gasteiger partial charge in [-0.15, -0.1) is 0 Å². The molecule has 0 saturated carbocycles. The minimum absolute atomic E-state index is 0.193. The Kier molecular flexibility index (Phi) is 40.4. The normalized spacial score (nSPS) is 13.8. The van der Waals surface area contributed by atoms with Crippen LogP contribution < -0.4 is 0 Å². The van der Waals surface area contributed by atoms with Gasteiger partial charge in [0.15, 0.2) is 6.10 Å². The van der Waals surface area contributed by atoms with Gasteiger partial charge in [0.05, 0.1) is 19.8 Å². The van der Waals surface area contributed by atoms with Gasteiger partial charge in [-0.3, -0.25) is 18.6 Å². The van der Waals surface area contributed by atoms with Gasteiger partial charge >= 0.3 is 19.8 Å². The van der Waals surface area contributed by atoms with E-state index in [-0.39, 0.29) is 19.4 Å². The summed E-state index contributed by atoms with van der Waals surface area (Å²) in [5, 5.41) is 18.3. The molecular formula is C44H87O10P. The summed E-state index contributed by atoms with van der Waals surface area (Å²) in [6.45, 7) is 2.43. The van der Waals surface area contributed by atoms with Crippen LogP contribution in [0.3, 0.4) is 0 Å². The lowest BCUT2D eigenvalue weighted by Crippen LogP contribution is -2.29. The molecule has 0 fully saturated rings. The number of carbonyl (C=O) groups is 2. The van der Waals surface area contributed by atoms with Crippen LogP contribution in [0.1, 0.15) is 232 Å². The quantitative estimate of drug-likeness (QED) is 0.0308. The van der Waals surface area contributed by atoms with Gasteiger partial charge < -0.3 is 24.6 Å². The second-order valence-electron chi connectivity index (χ2n) is 15.8. The molecular weight excluding hydrogens is 719 g/mol. The van der Waals surface area contributed by atoms with Gasteiger partial charge in [0.25, 0.3) is 0 Å². The van der Waals surface area contributed by atoms with E-state index in [4.69, 9.17) is 23.6 Å². The van der Waals surface area contributed by atoms with Gasteiger partial charge in [-0.2, -0.15) is 0 Å². The van der Waals surface area contributed by atoms with Crippen molar-refractivity contribution in [1.82, 2.24) is 0 Å². The van der Waals surface area contributed by atoms with Gasteiger partial charge in [-0.1, -0.05) is 206 Å². The van der Waals surface area contributed by atoms with Crippen molar-refractivity contribution >= 4 is 19.8 Å². The van der Waals surface area contributed by atoms with E-state index in [1.807, 2.05) is 0 Å². The van der Waals surface area contributed by atoms with E-state index in [0.29, 0.717) is 12.8 Å². The summed E-state index contributed by atoms with van der Waals surface area (Å²) in [4.78, 5) is 35.0. The first-order valence-electron chi connectivity index (χ1n) is 23.0. The van der Waals surface area contributed by atoms with Crippen molar-refractivity contribution < 1.29 is 47.8 Å². The highest BCUT2D eigenvalue weighted by Crippen LogP contribution is 2.43. The van der Waals surface area contributed by atoms with Crippen LogP contribution in [0.4, 0.5) is 0 Å². The van der Waals surface area contributed by atoms with E-state index >= 15 is 0 Å². The third-order valence-corrected chi connectivity index (χ3v) is 11.2. The highest BCUT2D eigenvalue weighted by Gasteiger charge is 2.27. The fourth-order valence-corrected chi connectivity index (χ4v) is 7.49. The molecule has 0 heterocycles. The monoisotopic (exact) mass is 807 g/mol. The molecule has 0 saturated heterocycles. The van der Waals surface area contributed by atoms with E-state index in [0.717, 1.165) is 32.1 Å². The van der Waals surface area contributed by atoms with Gasteiger partial charge in [0.1, 0.15) is 12.7 Å². The molecule has 10 nitrogen and oxygen atoms in total. The smallest absolute Gasteiger partial charge is 0.462 e. The lowest BCUT2D eigenvalue weighted by molar-refractivity contribution is -0.161. The summed E-state index contributed by atoms with van der Waals surface area (Å²) < 4.78 is 32.8. The standard InChI is InChI=1S/C44H87O10P/c1-3-5-7-9-11-13-15-17-19-20-21-22-24-26-28-30-32-34-36-44(48)54-42(40-53-55(49,50)52-38-41(46)37-45)39-51-43(47)35-33-31-29-27-25-23-18-16-14-12-10-8-6-4-2/h41-42,45-46H,3-40H2,1-2H3,(H,49,50). The van der Waals surface area contributed by atoms with Crippen LogP contribution >= 0.6 is 7.82 Å². The van der Waals surface area contributed by atoms with Crippen LogP contribution in [0.25, 0.3) is 0 Å². The number of hydrogen-bond acceptors (Lipinski definition) is 9. The first-order chi connectivity index (χ1) is 26.7. The predicted octanol–water partition coefficient (Wildman–Crippen LogP) is 12.2. The Balaban J connectivity index is 4.20. The van der Waals surface area contributed by atoms with Crippen LogP contribution in [0.2, 0.25) is 0 Å². The first kappa shape index (κ1) is 54.0. The van der Waals surface area contributed by atoms with Crippen LogP contribution in [0.15, 0.2) is 0 Å². The maximum Gasteiger partial charge on any atom is 0.472 e. The molecule has 0 aromatic rings. The largest absolute Gasteiger partial charge is 0.472 e. The second-order valence-corrected chi connectivity index (χ2v) is 17.3. The molecule has 0 aromatic carbocycles. The Bertz CT molecular complexity index is 889. The van der Waals surface area contributed by atoms with Gasteiger partial charge in [-0.25, -0.2) is 4.57 Å². The Morgan fingerprint density at radius 1 is 0.473 bits per heavy atom. The van der Waals surface area contributed by atoms with Crippen molar-refractivity contribution in [3.63, 3.8) is 0 Å². The molecule has 0 bridgehead atoms. The van der Waals surface area contributed by atoms with E-state index in [1.54, 1.807) is 0 Å². The average molecular weight is 807 g/mol. The van der Waals surface area contributed by atoms with E-state index in [9.17, 15) is 24.2 Å². The van der Waals surface area contributed by atoms with E-state index < -0.39 is 51.8 Å². The summed E-state index contributed by atoms with van der Waals surface area (Å²) in [5.74, 6) is -0.907. The second kappa shape index (κ2) is 41.1. The molecule has 0 aliphatic rings. The molecule has 11 heteroatoms. The number of rotatable bonds is 44. The van der Waals surface area contributed by atoms with Gasteiger partial charge in [-0.05, 0) is 12.8 Å². The summed E-state index contributed by atoms with van der Waals surface area (Å²) >= 11 is 0. The van der Waals surface area contributed by atoms with Gasteiger partial charge in [0, 0.05) is 12.8 Å². The number of unbranched alkanes of at least 4 members (excludes halogenated alkanes) is 30. The highest BCUT2D eigenvalue weighted by molar-refractivity contribution is 7.47. The van der Waals surface area contributed by atoms with Crippen molar-refractivity contribution in [1.29, 1.82) is 0 Å². The summed E-state index contributed by atoms with van der Waals surface area (Å²) in [6.07, 6.45) is 37.8. The molecule has 3 atom stereocenters. The number of esters is 2. The SMILES string of the molecule is CCCCCCCCCCCCCCCCCCCCC(=O)OC(COC(=O)CCCCCCCCCCCCCCCC)COP(=O)(O)OCC(O)CO. The Morgan fingerprint density at radius 3 is 1.13 bits per heavy atom. The lowest BCUT2D eigenvalue weighted by Gasteiger charge is -2.20. The van der Waals surface area contributed by atoms with Crippen molar-refractivity contribution in [2.24, 2.45) is 0 Å². The zero-order valence-corrected chi connectivity index (χ0v) is 36.6. The maximum absolute atomic E-state index is 12.6. The number of phosphoric acid groups is 1. The zero-order chi connectivity index (χ0) is 40.5. The zero-order valence-electron chi connectivity index (χ0n) is 35.7. The molecule has 3 unspecified atom stereocenters. The Hall–Kier alpha value is -1.03. The number of phosphoric ester groups is 1. The highest BCUT2D eigenvalue weighted by atomic mass is 31.2. The van der Waals surface area contributed by atoms with Gasteiger partial charge in [0.2, 0.25) is 0 Å². The molecule has 0 aliphatic heterocycles. The summed E-state index contributed by atoms with van der Waals surface area (Å²) in [7, 11) is -4.61. The third-order valence-electron chi connectivity index (χ3n) is 10.3. The fourth-order valence-electron chi connectivity index (χ4n) is 6.70. The average Bonchev–Trinajstić information content (AvgIpc) is 3.17. The molecule has 0 aromatic heterocycles. The predicted molar refractivity (Wildman–Crippen MR) is 224 cm³/mol. The minimum Gasteiger partial charge on any atom is -0.462 e. The molecule has 0 amide bonds. The van der Waals surface area contributed by atoms with Crippen molar-refractivity contribution in [3.05, 3.63) is 0 Å². The fraction of sp³-hybridized carbons (Fsp3) is 0.955. The number of aliphatic hydroxyl groups excluding tert-OH is 2. The number of carbonyl (C=O) groups excluding carboxylic acids is 2. The van der Waals surface area contributed by atoms with Crippen molar-refractivity contribution in [2.75, 3.05) is 26.4 Å². The first-order valence-corrected chi connectivity index (χ1v) is 24.5. The molecule has 0 spiro atoms. The van der Waals surface area contributed by atoms with E-state index in [2.05, 4.69) is 13.8 Å². The van der Waals surface area contributed by atoms with Crippen LogP contribution in [0, 0.1) is 0 Å². The van der Waals surface area contributed by atoms with Crippen LogP contribution in [0.5, 0.6) is 0 Å². The molecule has 328 valence electrons. The molecule has 0 aliphatic carbocycles. The van der Waals surface area contributed by atoms with Crippen molar-refractivity contribution in [3.8, 4) is 0 Å². The maximum atomic E-state index is 12.6. The number of ether oxygens (including phenoxy) is 2. The van der Waals surface area contributed by atoms with Crippen LogP contribution in [-0.2, 0) is 32.7 Å². The topological polar surface area (TPSA) is 149 Å². The third kappa shape index (κ3) is 40.9. The Morgan fingerprint density at radius 2 is 0.782 bits per heavy atom. The number of hydrogen-bond donors (Lipinski definition) is 3. The molecule has 3 N–H and O–H groups in total. The number of aliphatic hydroxyl groups is 2. The minimum atomic E-state index is -4.61. The molecule has 55 heavy (non-hydrogen) atoms. The lowest BCUT2D eigenvalue weighted by atomic mass is 10.0. The van der Waals surface area contributed by atoms with Crippen LogP contribution in [-0.4, -0.2) is 65.7 Å². The van der Waals surface area contributed by atoms with E-state index in [1.165, 1.54) is 161 Å². The molecule has 0 rings (SSSR count). The molecule has 0 radical (unpaired) electrons. The van der Waals surface area contributed by atoms with Crippen molar-refractivity contribution in [2.45, 2.75) is 244 Å². The summed E-state index contributed by atoms with van der Waals surface area (Å²) in [5.41, 5.74) is 0. The summed E-state index contributed by atoms with van der Waals surface area (Å²) in [6, 6.07) is 0.